The number of hydrogen-bond donors (Lipinski definition) is 1. The number of halogens is 2. The molecule has 96 valence electrons. The zero-order valence-electron chi connectivity index (χ0n) is 9.87. The second-order valence-electron chi connectivity index (χ2n) is 3.76. The molecule has 0 saturated carbocycles. The summed E-state index contributed by atoms with van der Waals surface area (Å²) in [6.45, 7) is 1.04. The van der Waals surface area contributed by atoms with Gasteiger partial charge in [0.25, 0.3) is 0 Å². The van der Waals surface area contributed by atoms with E-state index in [0.29, 0.717) is 23.4 Å². The predicted molar refractivity (Wildman–Crippen MR) is 69.9 cm³/mol. The highest BCUT2D eigenvalue weighted by atomic mass is 79.9. The lowest BCUT2D eigenvalue weighted by Crippen LogP contribution is -2.07. The van der Waals surface area contributed by atoms with Crippen LogP contribution < -0.4 is 10.1 Å². The van der Waals surface area contributed by atoms with Gasteiger partial charge in [0, 0.05) is 5.56 Å². The van der Waals surface area contributed by atoms with Crippen LogP contribution in [0.5, 0.6) is 5.75 Å². The molecule has 5 heteroatoms. The number of rotatable bonds is 5. The average molecular weight is 314 g/mol. The predicted octanol–water partition coefficient (Wildman–Crippen LogP) is 3.48. The van der Waals surface area contributed by atoms with Gasteiger partial charge in [-0.05, 0) is 47.2 Å². The van der Waals surface area contributed by atoms with Crippen LogP contribution in [-0.2, 0) is 13.2 Å². The molecule has 1 aromatic heterocycles. The Morgan fingerprint density at radius 3 is 2.94 bits per heavy atom. The van der Waals surface area contributed by atoms with Gasteiger partial charge in [-0.1, -0.05) is 0 Å². The second-order valence-corrected chi connectivity index (χ2v) is 4.62. The average Bonchev–Trinajstić information content (AvgIpc) is 2.76. The third kappa shape index (κ3) is 3.11. The molecule has 2 aromatic rings. The third-order valence-electron chi connectivity index (χ3n) is 2.45. The molecule has 0 spiro atoms. The van der Waals surface area contributed by atoms with Crippen LogP contribution >= 0.6 is 15.9 Å². The van der Waals surface area contributed by atoms with E-state index in [1.165, 1.54) is 12.1 Å². The zero-order chi connectivity index (χ0) is 13.0. The quantitative estimate of drug-likeness (QED) is 0.917. The molecule has 2 rings (SSSR count). The molecule has 0 unspecified atom stereocenters. The van der Waals surface area contributed by atoms with Crippen molar-refractivity contribution in [1.29, 1.82) is 0 Å². The molecule has 0 bridgehead atoms. The van der Waals surface area contributed by atoms with Crippen molar-refractivity contribution in [3.8, 4) is 5.75 Å². The fourth-order valence-electron chi connectivity index (χ4n) is 1.56. The first kappa shape index (κ1) is 13.1. The van der Waals surface area contributed by atoms with Crippen LogP contribution in [0.2, 0.25) is 0 Å². The largest absolute Gasteiger partial charge is 0.488 e. The number of ether oxygens (including phenoxy) is 1. The number of hydrogen-bond acceptors (Lipinski definition) is 3. The van der Waals surface area contributed by atoms with Gasteiger partial charge < -0.3 is 14.5 Å². The van der Waals surface area contributed by atoms with Gasteiger partial charge in [-0.3, -0.25) is 0 Å². The molecule has 0 radical (unpaired) electrons. The van der Waals surface area contributed by atoms with Crippen molar-refractivity contribution < 1.29 is 13.5 Å². The molecule has 1 N–H and O–H groups in total. The maximum absolute atomic E-state index is 12.9. The van der Waals surface area contributed by atoms with Crippen LogP contribution in [0.3, 0.4) is 0 Å². The maximum Gasteiger partial charge on any atom is 0.134 e. The maximum atomic E-state index is 12.9. The highest BCUT2D eigenvalue weighted by Gasteiger charge is 2.08. The van der Waals surface area contributed by atoms with E-state index in [1.807, 2.05) is 13.1 Å². The summed E-state index contributed by atoms with van der Waals surface area (Å²) < 4.78 is 24.5. The van der Waals surface area contributed by atoms with Gasteiger partial charge in [0.2, 0.25) is 0 Å². The molecule has 0 atom stereocenters. The van der Waals surface area contributed by atoms with Crippen molar-refractivity contribution in [3.63, 3.8) is 0 Å². The van der Waals surface area contributed by atoms with Gasteiger partial charge in [0.15, 0.2) is 0 Å². The van der Waals surface area contributed by atoms with E-state index < -0.39 is 0 Å². The second kappa shape index (κ2) is 6.02. The van der Waals surface area contributed by atoms with Crippen molar-refractivity contribution in [1.82, 2.24) is 5.32 Å². The smallest absolute Gasteiger partial charge is 0.134 e. The fourth-order valence-corrected chi connectivity index (χ4v) is 2.02. The van der Waals surface area contributed by atoms with E-state index >= 15 is 0 Å². The van der Waals surface area contributed by atoms with Crippen molar-refractivity contribution in [2.24, 2.45) is 0 Å². The van der Waals surface area contributed by atoms with E-state index in [9.17, 15) is 4.39 Å². The molecular weight excluding hydrogens is 301 g/mol. The van der Waals surface area contributed by atoms with Gasteiger partial charge in [-0.25, -0.2) is 4.39 Å². The van der Waals surface area contributed by atoms with Gasteiger partial charge in [0.1, 0.15) is 23.9 Å². The first-order valence-electron chi connectivity index (χ1n) is 5.48. The Morgan fingerprint density at radius 1 is 1.39 bits per heavy atom. The normalized spacial score (nSPS) is 10.6. The Hall–Kier alpha value is -1.33. The van der Waals surface area contributed by atoms with Gasteiger partial charge in [-0.2, -0.15) is 0 Å². The molecule has 0 aliphatic carbocycles. The molecule has 18 heavy (non-hydrogen) atoms. The SMILES string of the molecule is CNCc1occc1COc1ccc(F)cc1Br. The molecule has 3 nitrogen and oxygen atoms in total. The molecule has 1 heterocycles. The van der Waals surface area contributed by atoms with Crippen LogP contribution in [-0.4, -0.2) is 7.05 Å². The monoisotopic (exact) mass is 313 g/mol. The lowest BCUT2D eigenvalue weighted by Gasteiger charge is -2.08. The highest BCUT2D eigenvalue weighted by molar-refractivity contribution is 9.10. The number of benzene rings is 1. The Morgan fingerprint density at radius 2 is 2.22 bits per heavy atom. The Kier molecular flexibility index (Phi) is 4.38. The summed E-state index contributed by atoms with van der Waals surface area (Å²) in [4.78, 5) is 0. The molecule has 0 aliphatic heterocycles. The first-order chi connectivity index (χ1) is 8.70. The summed E-state index contributed by atoms with van der Waals surface area (Å²) in [5.41, 5.74) is 0.973. The fraction of sp³-hybridized carbons (Fsp3) is 0.231. The minimum atomic E-state index is -0.298. The summed E-state index contributed by atoms with van der Waals surface area (Å²) in [5.74, 6) is 1.15. The molecular formula is C13H13BrFNO2. The summed E-state index contributed by atoms with van der Waals surface area (Å²) in [6.07, 6.45) is 1.63. The van der Waals surface area contributed by atoms with Crippen molar-refractivity contribution in [3.05, 3.63) is 52.1 Å². The summed E-state index contributed by atoms with van der Waals surface area (Å²) in [5, 5.41) is 3.02. The van der Waals surface area contributed by atoms with Gasteiger partial charge >= 0.3 is 0 Å². The van der Waals surface area contributed by atoms with Crippen LogP contribution in [0.15, 0.2) is 39.4 Å². The van der Waals surface area contributed by atoms with Crippen LogP contribution in [0.4, 0.5) is 4.39 Å². The lowest BCUT2D eigenvalue weighted by molar-refractivity contribution is 0.299. The van der Waals surface area contributed by atoms with E-state index in [-0.39, 0.29) is 5.82 Å². The van der Waals surface area contributed by atoms with E-state index in [4.69, 9.17) is 9.15 Å². The molecule has 1 aromatic carbocycles. The van der Waals surface area contributed by atoms with E-state index in [1.54, 1.807) is 12.3 Å². The van der Waals surface area contributed by atoms with Crippen molar-refractivity contribution in [2.45, 2.75) is 13.2 Å². The molecule has 0 amide bonds. The summed E-state index contributed by atoms with van der Waals surface area (Å²) in [7, 11) is 1.85. The Bertz CT molecular complexity index is 527. The van der Waals surface area contributed by atoms with Gasteiger partial charge in [0.05, 0.1) is 17.3 Å². The van der Waals surface area contributed by atoms with Crippen LogP contribution in [0, 0.1) is 5.82 Å². The first-order valence-corrected chi connectivity index (χ1v) is 6.27. The highest BCUT2D eigenvalue weighted by Crippen LogP contribution is 2.26. The summed E-state index contributed by atoms with van der Waals surface area (Å²) >= 11 is 3.26. The van der Waals surface area contributed by atoms with Crippen molar-refractivity contribution >= 4 is 15.9 Å². The van der Waals surface area contributed by atoms with E-state index in [0.717, 1.165) is 11.3 Å². The van der Waals surface area contributed by atoms with E-state index in [2.05, 4.69) is 21.2 Å². The third-order valence-corrected chi connectivity index (χ3v) is 3.07. The van der Waals surface area contributed by atoms with Crippen LogP contribution in [0.1, 0.15) is 11.3 Å². The van der Waals surface area contributed by atoms with Gasteiger partial charge in [-0.15, -0.1) is 0 Å². The van der Waals surface area contributed by atoms with Crippen LogP contribution in [0.25, 0.3) is 0 Å². The minimum Gasteiger partial charge on any atom is -0.488 e. The van der Waals surface area contributed by atoms with Crippen molar-refractivity contribution in [2.75, 3.05) is 7.05 Å². The summed E-state index contributed by atoms with van der Waals surface area (Å²) in [6, 6.07) is 6.20. The standard InChI is InChI=1S/C13H13BrFNO2/c1-16-7-13-9(4-5-17-13)8-18-12-3-2-10(15)6-11(12)14/h2-6,16H,7-8H2,1H3. The lowest BCUT2D eigenvalue weighted by atomic mass is 10.2. The Labute approximate surface area is 113 Å². The molecule has 0 aliphatic rings. The zero-order valence-corrected chi connectivity index (χ0v) is 11.5. The Balaban J connectivity index is 2.04. The minimum absolute atomic E-state index is 0.298. The number of nitrogens with one attached hydrogen (secondary N) is 1. The number of furan rings is 1. The molecule has 0 saturated heterocycles. The topological polar surface area (TPSA) is 34.4 Å². The molecule has 0 fully saturated rings.